The number of hydrogen-bond donors (Lipinski definition) is 1. The van der Waals surface area contributed by atoms with E-state index in [4.69, 9.17) is 10.00 Å². The van der Waals surface area contributed by atoms with Crippen LogP contribution in [0.4, 0.5) is 0 Å². The zero-order chi connectivity index (χ0) is 14.5. The minimum absolute atomic E-state index is 0.171. The van der Waals surface area contributed by atoms with Crippen molar-refractivity contribution >= 4 is 11.9 Å². The van der Waals surface area contributed by atoms with Crippen LogP contribution in [0.3, 0.4) is 0 Å². The summed E-state index contributed by atoms with van der Waals surface area (Å²) in [6.45, 7) is 5.46. The number of carbonyl (C=O) groups excluding carboxylic acids is 2. The van der Waals surface area contributed by atoms with Gasteiger partial charge in [-0.2, -0.15) is 5.26 Å². The fourth-order valence-corrected chi connectivity index (χ4v) is 2.46. The minimum atomic E-state index is -0.520. The highest BCUT2D eigenvalue weighted by atomic mass is 16.6. The van der Waals surface area contributed by atoms with E-state index in [-0.39, 0.29) is 24.7 Å². The lowest BCUT2D eigenvalue weighted by molar-refractivity contribution is -0.156. The molecule has 0 aromatic heterocycles. The van der Waals surface area contributed by atoms with Crippen molar-refractivity contribution in [3.05, 3.63) is 0 Å². The number of ether oxygens (including phenoxy) is 1. The number of rotatable bonds is 4. The van der Waals surface area contributed by atoms with E-state index < -0.39 is 11.1 Å². The molecule has 1 aliphatic carbocycles. The van der Waals surface area contributed by atoms with Crippen LogP contribution in [0.15, 0.2) is 0 Å². The summed E-state index contributed by atoms with van der Waals surface area (Å²) >= 11 is 0. The van der Waals surface area contributed by atoms with Gasteiger partial charge in [-0.3, -0.25) is 9.59 Å². The third kappa shape index (κ3) is 5.29. The predicted octanol–water partition coefficient (Wildman–Crippen LogP) is 2.06. The Morgan fingerprint density at radius 3 is 2.37 bits per heavy atom. The predicted molar refractivity (Wildman–Crippen MR) is 70.0 cm³/mol. The maximum Gasteiger partial charge on any atom is 0.308 e. The summed E-state index contributed by atoms with van der Waals surface area (Å²) in [5.74, 6) is -0.611. The maximum atomic E-state index is 11.9. The molecule has 1 aliphatic rings. The van der Waals surface area contributed by atoms with Gasteiger partial charge >= 0.3 is 5.97 Å². The van der Waals surface area contributed by atoms with Gasteiger partial charge in [0.15, 0.2) is 0 Å². The van der Waals surface area contributed by atoms with Crippen molar-refractivity contribution in [2.45, 2.75) is 70.4 Å². The van der Waals surface area contributed by atoms with Crippen molar-refractivity contribution in [1.82, 2.24) is 5.32 Å². The summed E-state index contributed by atoms with van der Waals surface area (Å²) in [6, 6.07) is 1.82. The average molecular weight is 266 g/mol. The van der Waals surface area contributed by atoms with E-state index >= 15 is 0 Å². The SMILES string of the molecule is CC(C)(C)OC(=O)CC1(NC(=O)CC#N)CCCC1. The molecule has 0 atom stereocenters. The van der Waals surface area contributed by atoms with E-state index in [1.165, 1.54) is 0 Å². The molecule has 0 aliphatic heterocycles. The standard InChI is InChI=1S/C14H22N2O3/c1-13(2,3)19-12(18)10-14(7-4-5-8-14)16-11(17)6-9-15/h4-8,10H2,1-3H3,(H,16,17). The van der Waals surface area contributed by atoms with Crippen LogP contribution in [0, 0.1) is 11.3 Å². The second kappa shape index (κ2) is 6.05. The van der Waals surface area contributed by atoms with Crippen LogP contribution in [-0.2, 0) is 14.3 Å². The summed E-state index contributed by atoms with van der Waals surface area (Å²) < 4.78 is 5.31. The summed E-state index contributed by atoms with van der Waals surface area (Å²) in [7, 11) is 0. The van der Waals surface area contributed by atoms with E-state index in [1.54, 1.807) is 0 Å². The summed E-state index contributed by atoms with van der Waals surface area (Å²) in [4.78, 5) is 23.5. The van der Waals surface area contributed by atoms with E-state index in [9.17, 15) is 9.59 Å². The van der Waals surface area contributed by atoms with E-state index in [2.05, 4.69) is 5.32 Å². The Bertz CT molecular complexity index is 384. The van der Waals surface area contributed by atoms with E-state index in [0.29, 0.717) is 0 Å². The molecular weight excluding hydrogens is 244 g/mol. The quantitative estimate of drug-likeness (QED) is 0.790. The number of nitriles is 1. The normalized spacial score (nSPS) is 17.6. The number of nitrogens with zero attached hydrogens (tertiary/aromatic N) is 1. The van der Waals surface area contributed by atoms with Crippen molar-refractivity contribution < 1.29 is 14.3 Å². The Morgan fingerprint density at radius 1 is 1.32 bits per heavy atom. The number of carbonyl (C=O) groups is 2. The van der Waals surface area contributed by atoms with Crippen LogP contribution in [0.25, 0.3) is 0 Å². The van der Waals surface area contributed by atoms with Gasteiger partial charge in [0.1, 0.15) is 12.0 Å². The molecule has 0 aromatic rings. The van der Waals surface area contributed by atoms with Crippen LogP contribution < -0.4 is 5.32 Å². The molecule has 0 unspecified atom stereocenters. The smallest absolute Gasteiger partial charge is 0.308 e. The van der Waals surface area contributed by atoms with Crippen molar-refractivity contribution in [1.29, 1.82) is 5.26 Å². The largest absolute Gasteiger partial charge is 0.460 e. The first-order chi connectivity index (χ1) is 8.76. The highest BCUT2D eigenvalue weighted by Crippen LogP contribution is 2.33. The number of amides is 1. The third-order valence-electron chi connectivity index (χ3n) is 3.11. The fraction of sp³-hybridized carbons (Fsp3) is 0.786. The van der Waals surface area contributed by atoms with Gasteiger partial charge in [0.05, 0.1) is 18.0 Å². The van der Waals surface area contributed by atoms with Crippen molar-refractivity contribution in [2.75, 3.05) is 0 Å². The molecular formula is C14H22N2O3. The molecule has 1 amide bonds. The Labute approximate surface area is 114 Å². The van der Waals surface area contributed by atoms with Crippen LogP contribution in [0.5, 0.6) is 0 Å². The molecule has 0 bridgehead atoms. The van der Waals surface area contributed by atoms with Gasteiger partial charge in [0.2, 0.25) is 5.91 Å². The van der Waals surface area contributed by atoms with Crippen LogP contribution >= 0.6 is 0 Å². The van der Waals surface area contributed by atoms with Crippen molar-refractivity contribution in [2.24, 2.45) is 0 Å². The highest BCUT2D eigenvalue weighted by molar-refractivity contribution is 5.80. The van der Waals surface area contributed by atoms with E-state index in [1.807, 2.05) is 26.8 Å². The van der Waals surface area contributed by atoms with Gasteiger partial charge in [-0.25, -0.2) is 0 Å². The Balaban J connectivity index is 2.65. The molecule has 1 fully saturated rings. The molecule has 5 heteroatoms. The Morgan fingerprint density at radius 2 is 1.89 bits per heavy atom. The van der Waals surface area contributed by atoms with E-state index in [0.717, 1.165) is 25.7 Å². The topological polar surface area (TPSA) is 79.2 Å². The van der Waals surface area contributed by atoms with Crippen LogP contribution in [0.2, 0.25) is 0 Å². The third-order valence-corrected chi connectivity index (χ3v) is 3.11. The monoisotopic (exact) mass is 266 g/mol. The Kier molecular flexibility index (Phi) is 4.93. The van der Waals surface area contributed by atoms with Crippen LogP contribution in [0.1, 0.15) is 59.3 Å². The molecule has 1 N–H and O–H groups in total. The zero-order valence-corrected chi connectivity index (χ0v) is 11.9. The molecule has 5 nitrogen and oxygen atoms in total. The molecule has 19 heavy (non-hydrogen) atoms. The minimum Gasteiger partial charge on any atom is -0.460 e. The first-order valence-corrected chi connectivity index (χ1v) is 6.66. The molecule has 0 radical (unpaired) electrons. The molecule has 0 spiro atoms. The highest BCUT2D eigenvalue weighted by Gasteiger charge is 2.38. The Hall–Kier alpha value is -1.57. The molecule has 0 aromatic carbocycles. The molecule has 1 rings (SSSR count). The fourth-order valence-electron chi connectivity index (χ4n) is 2.46. The zero-order valence-electron chi connectivity index (χ0n) is 11.9. The second-order valence-electron chi connectivity index (χ2n) is 6.13. The molecule has 1 saturated carbocycles. The lowest BCUT2D eigenvalue weighted by Gasteiger charge is -2.30. The van der Waals surface area contributed by atoms with Gasteiger partial charge in [-0.05, 0) is 33.6 Å². The first-order valence-electron chi connectivity index (χ1n) is 6.66. The summed E-state index contributed by atoms with van der Waals surface area (Å²) in [5.41, 5.74) is -1.04. The van der Waals surface area contributed by atoms with Crippen LogP contribution in [-0.4, -0.2) is 23.0 Å². The molecule has 0 heterocycles. The summed E-state index contributed by atoms with van der Waals surface area (Å²) in [6.07, 6.45) is 3.51. The maximum absolute atomic E-state index is 11.9. The van der Waals surface area contributed by atoms with Gasteiger partial charge in [-0.15, -0.1) is 0 Å². The van der Waals surface area contributed by atoms with Gasteiger partial charge < -0.3 is 10.1 Å². The molecule has 0 saturated heterocycles. The first kappa shape index (κ1) is 15.5. The van der Waals surface area contributed by atoms with Crippen molar-refractivity contribution in [3.8, 4) is 6.07 Å². The number of hydrogen-bond acceptors (Lipinski definition) is 4. The molecule has 106 valence electrons. The van der Waals surface area contributed by atoms with Gasteiger partial charge in [-0.1, -0.05) is 12.8 Å². The average Bonchev–Trinajstić information content (AvgIpc) is 2.62. The van der Waals surface area contributed by atoms with Crippen molar-refractivity contribution in [3.63, 3.8) is 0 Å². The lowest BCUT2D eigenvalue weighted by atomic mass is 9.93. The number of esters is 1. The lowest BCUT2D eigenvalue weighted by Crippen LogP contribution is -2.48. The van der Waals surface area contributed by atoms with Gasteiger partial charge in [0, 0.05) is 0 Å². The summed E-state index contributed by atoms with van der Waals surface area (Å²) in [5, 5.41) is 11.4. The van der Waals surface area contributed by atoms with Gasteiger partial charge in [0.25, 0.3) is 0 Å². The number of nitrogens with one attached hydrogen (secondary N) is 1. The second-order valence-corrected chi connectivity index (χ2v) is 6.13.